The second kappa shape index (κ2) is 12.5. The number of benzene rings is 9. The highest BCUT2D eigenvalue weighted by atomic mass is 16.3. The van der Waals surface area contributed by atoms with Crippen molar-refractivity contribution in [2.45, 2.75) is 0 Å². The van der Waals surface area contributed by atoms with Gasteiger partial charge in [-0.25, -0.2) is 9.97 Å². The minimum Gasteiger partial charge on any atom is -0.456 e. The van der Waals surface area contributed by atoms with Gasteiger partial charge in [0.15, 0.2) is 0 Å². The Morgan fingerprint density at radius 2 is 0.758 bits per heavy atom. The number of nitrogens with zero attached hydrogens (tertiary/aromatic N) is 5. The first-order chi connectivity index (χ1) is 30.8. The zero-order valence-electron chi connectivity index (χ0n) is 33.2. The molecular weight excluding hydrogens is 759 g/mol. The van der Waals surface area contributed by atoms with Crippen LogP contribution in [0.15, 0.2) is 205 Å². The van der Waals surface area contributed by atoms with Gasteiger partial charge in [0.05, 0.1) is 44.5 Å². The Kier molecular flexibility index (Phi) is 6.74. The summed E-state index contributed by atoms with van der Waals surface area (Å²) in [5, 5.41) is 11.7. The van der Waals surface area contributed by atoms with Gasteiger partial charge in [0.25, 0.3) is 0 Å². The van der Waals surface area contributed by atoms with Crippen LogP contribution in [0.25, 0.3) is 127 Å². The molecule has 14 aromatic rings. The Hall–Kier alpha value is -8.48. The topological polar surface area (TPSA) is 53.7 Å². The molecule has 0 spiro atoms. The molecule has 0 aliphatic carbocycles. The quantitative estimate of drug-likeness (QED) is 0.178. The lowest BCUT2D eigenvalue weighted by atomic mass is 10.1. The summed E-state index contributed by atoms with van der Waals surface area (Å²) in [6.07, 6.45) is 3.89. The van der Waals surface area contributed by atoms with Crippen LogP contribution in [0, 0.1) is 0 Å². The number of aromatic nitrogens is 5. The van der Waals surface area contributed by atoms with Gasteiger partial charge in [0, 0.05) is 71.8 Å². The van der Waals surface area contributed by atoms with E-state index in [0.29, 0.717) is 5.95 Å². The average molecular weight is 792 g/mol. The first-order valence-corrected chi connectivity index (χ1v) is 21.0. The fourth-order valence-electron chi connectivity index (χ4n) is 10.3. The Morgan fingerprint density at radius 1 is 0.306 bits per heavy atom. The van der Waals surface area contributed by atoms with Gasteiger partial charge in [0.1, 0.15) is 11.2 Å². The molecule has 0 aliphatic heterocycles. The van der Waals surface area contributed by atoms with Crippen molar-refractivity contribution in [3.63, 3.8) is 0 Å². The van der Waals surface area contributed by atoms with E-state index < -0.39 is 0 Å². The normalized spacial score (nSPS) is 12.2. The predicted octanol–water partition coefficient (Wildman–Crippen LogP) is 14.5. The summed E-state index contributed by atoms with van der Waals surface area (Å²) in [7, 11) is 0. The van der Waals surface area contributed by atoms with E-state index in [1.54, 1.807) is 0 Å². The highest BCUT2D eigenvalue weighted by molar-refractivity contribution is 6.24. The van der Waals surface area contributed by atoms with Crippen LogP contribution in [0.5, 0.6) is 0 Å². The zero-order valence-corrected chi connectivity index (χ0v) is 33.2. The maximum Gasteiger partial charge on any atom is 0.234 e. The minimum atomic E-state index is 0.616. The molecule has 0 bridgehead atoms. The maximum absolute atomic E-state index is 6.13. The summed E-state index contributed by atoms with van der Waals surface area (Å²) < 4.78 is 13.3. The van der Waals surface area contributed by atoms with E-state index in [0.717, 1.165) is 82.7 Å². The number of furan rings is 1. The molecule has 6 nitrogen and oxygen atoms in total. The highest BCUT2D eigenvalue weighted by Gasteiger charge is 2.24. The molecule has 0 aliphatic rings. The van der Waals surface area contributed by atoms with Crippen LogP contribution in [-0.2, 0) is 0 Å². The molecule has 62 heavy (non-hydrogen) atoms. The molecule has 14 rings (SSSR count). The molecule has 0 radical (unpaired) electrons. The van der Waals surface area contributed by atoms with E-state index in [-0.39, 0.29) is 0 Å². The van der Waals surface area contributed by atoms with Crippen molar-refractivity contribution < 1.29 is 4.42 Å². The fraction of sp³-hybridized carbons (Fsp3) is 0. The lowest BCUT2D eigenvalue weighted by Gasteiger charge is -2.16. The molecule has 0 fully saturated rings. The van der Waals surface area contributed by atoms with Crippen molar-refractivity contribution in [3.8, 4) is 28.5 Å². The van der Waals surface area contributed by atoms with E-state index in [1.165, 1.54) is 38.0 Å². The van der Waals surface area contributed by atoms with E-state index in [9.17, 15) is 0 Å². The summed E-state index contributed by atoms with van der Waals surface area (Å²) in [5.74, 6) is 0.616. The minimum absolute atomic E-state index is 0.616. The average Bonchev–Trinajstić information content (AvgIpc) is 4.08. The standard InChI is InChI=1S/C56H33N5O/c1-6-20-46-36(13-1)37-14-2-7-21-47(37)59(46)48-24-11-19-39-38(48)18-12-25-50(39)60-49-22-8-3-15-40(49)43-28-29-44-41-16-4-9-23-51(41)61(55(44)54(43)60)56-57-32-35(33-58-56)34-27-30-53-45(31-34)42-17-5-10-26-52(42)62-53/h1-33H. The van der Waals surface area contributed by atoms with Crippen LogP contribution >= 0.6 is 0 Å². The summed E-state index contributed by atoms with van der Waals surface area (Å²) in [5.41, 5.74) is 12.7. The summed E-state index contributed by atoms with van der Waals surface area (Å²) in [6.45, 7) is 0. The van der Waals surface area contributed by atoms with Gasteiger partial charge in [0.2, 0.25) is 5.95 Å². The number of hydrogen-bond acceptors (Lipinski definition) is 3. The third kappa shape index (κ3) is 4.52. The molecule has 9 aromatic carbocycles. The van der Waals surface area contributed by atoms with E-state index >= 15 is 0 Å². The molecule has 288 valence electrons. The molecular formula is C56H33N5O. The first-order valence-electron chi connectivity index (χ1n) is 21.0. The van der Waals surface area contributed by atoms with Gasteiger partial charge in [-0.15, -0.1) is 0 Å². The second-order valence-electron chi connectivity index (χ2n) is 16.2. The molecule has 5 aromatic heterocycles. The zero-order chi connectivity index (χ0) is 40.5. The SMILES string of the molecule is c1ccc2c(c1)oc1ccc(-c3cnc(-n4c5ccccc5c5ccc6c7ccccc7n(-c7cccc8c(-n9c%10ccccc%10c%10ccccc%109)cccc78)c6c54)nc3)cc12. The second-order valence-corrected chi connectivity index (χ2v) is 16.2. The van der Waals surface area contributed by atoms with Gasteiger partial charge in [-0.1, -0.05) is 133 Å². The number of fused-ring (bicyclic) bond motifs is 14. The molecule has 0 N–H and O–H groups in total. The first kappa shape index (κ1) is 33.4. The van der Waals surface area contributed by atoms with Crippen molar-refractivity contribution in [2.75, 3.05) is 0 Å². The van der Waals surface area contributed by atoms with Gasteiger partial charge in [-0.3, -0.25) is 4.57 Å². The van der Waals surface area contributed by atoms with Gasteiger partial charge in [-0.05, 0) is 60.2 Å². The van der Waals surface area contributed by atoms with Crippen LogP contribution in [0.1, 0.15) is 0 Å². The third-order valence-electron chi connectivity index (χ3n) is 13.0. The Morgan fingerprint density at radius 3 is 1.37 bits per heavy atom. The van der Waals surface area contributed by atoms with Crippen LogP contribution < -0.4 is 0 Å². The monoisotopic (exact) mass is 791 g/mol. The van der Waals surface area contributed by atoms with Crippen molar-refractivity contribution >= 4 is 98.1 Å². The van der Waals surface area contributed by atoms with Crippen molar-refractivity contribution in [1.29, 1.82) is 0 Å². The van der Waals surface area contributed by atoms with Gasteiger partial charge in [-0.2, -0.15) is 0 Å². The molecule has 0 saturated carbocycles. The molecule has 0 amide bonds. The number of para-hydroxylation sites is 5. The largest absolute Gasteiger partial charge is 0.456 e. The Bertz CT molecular complexity index is 4110. The Labute approximate surface area is 353 Å². The molecule has 0 atom stereocenters. The fourth-order valence-corrected chi connectivity index (χ4v) is 10.3. The smallest absolute Gasteiger partial charge is 0.234 e. The summed E-state index contributed by atoms with van der Waals surface area (Å²) >= 11 is 0. The van der Waals surface area contributed by atoms with Crippen molar-refractivity contribution in [1.82, 2.24) is 23.7 Å². The van der Waals surface area contributed by atoms with Crippen LogP contribution in [0.4, 0.5) is 0 Å². The highest BCUT2D eigenvalue weighted by Crippen LogP contribution is 2.43. The molecule has 0 saturated heterocycles. The van der Waals surface area contributed by atoms with Gasteiger partial charge < -0.3 is 13.6 Å². The van der Waals surface area contributed by atoms with Crippen LogP contribution in [-0.4, -0.2) is 23.7 Å². The maximum atomic E-state index is 6.13. The lowest BCUT2D eigenvalue weighted by molar-refractivity contribution is 0.669. The number of hydrogen-bond donors (Lipinski definition) is 0. The predicted molar refractivity (Wildman–Crippen MR) is 255 cm³/mol. The number of rotatable bonds is 4. The summed E-state index contributed by atoms with van der Waals surface area (Å²) in [6, 6.07) is 67.3. The van der Waals surface area contributed by atoms with E-state index in [4.69, 9.17) is 14.4 Å². The van der Waals surface area contributed by atoms with Crippen molar-refractivity contribution in [2.24, 2.45) is 0 Å². The van der Waals surface area contributed by atoms with Gasteiger partial charge >= 0.3 is 0 Å². The van der Waals surface area contributed by atoms with Crippen LogP contribution in [0.3, 0.4) is 0 Å². The molecule has 5 heterocycles. The Balaban J connectivity index is 1.03. The van der Waals surface area contributed by atoms with Crippen LogP contribution in [0.2, 0.25) is 0 Å². The summed E-state index contributed by atoms with van der Waals surface area (Å²) in [4.78, 5) is 10.3. The lowest BCUT2D eigenvalue weighted by Crippen LogP contribution is -2.03. The molecule has 0 unspecified atom stereocenters. The van der Waals surface area contributed by atoms with Crippen molar-refractivity contribution in [3.05, 3.63) is 200 Å². The third-order valence-corrected chi connectivity index (χ3v) is 13.0. The van der Waals surface area contributed by atoms with E-state index in [2.05, 4.69) is 184 Å². The molecule has 6 heteroatoms. The van der Waals surface area contributed by atoms with E-state index in [1.807, 2.05) is 30.6 Å².